The molecule has 3 heteroatoms. The predicted molar refractivity (Wildman–Crippen MR) is 52.4 cm³/mol. The zero-order valence-electron chi connectivity index (χ0n) is 8.45. The maximum absolute atomic E-state index is 5.48. The molecule has 0 spiro atoms. The normalized spacial score (nSPS) is 20.3. The number of hydrogen-bond acceptors (Lipinski definition) is 3. The zero-order valence-corrected chi connectivity index (χ0v) is 8.45. The topological polar surface area (TPSA) is 27.7 Å². The third-order valence-electron chi connectivity index (χ3n) is 2.46. The summed E-state index contributed by atoms with van der Waals surface area (Å²) in [6, 6.07) is 6.02. The number of methoxy groups -OCH3 is 2. The summed E-state index contributed by atoms with van der Waals surface area (Å²) < 4.78 is 15.9. The third-order valence-corrected chi connectivity index (χ3v) is 2.46. The van der Waals surface area contributed by atoms with Crippen molar-refractivity contribution in [2.45, 2.75) is 12.7 Å². The highest BCUT2D eigenvalue weighted by atomic mass is 16.7. The molecule has 0 radical (unpaired) electrons. The van der Waals surface area contributed by atoms with Gasteiger partial charge in [0, 0.05) is 12.7 Å². The Kier molecular flexibility index (Phi) is 2.70. The minimum atomic E-state index is -0.242. The molecule has 0 saturated heterocycles. The summed E-state index contributed by atoms with van der Waals surface area (Å²) in [4.78, 5) is 0. The predicted octanol–water partition coefficient (Wildman–Crippen LogP) is 1.91. The molecule has 1 heterocycles. The lowest BCUT2D eigenvalue weighted by Crippen LogP contribution is -2.17. The first-order chi connectivity index (χ1) is 6.85. The van der Waals surface area contributed by atoms with Crippen molar-refractivity contribution in [3.63, 3.8) is 0 Å². The highest BCUT2D eigenvalue weighted by Gasteiger charge is 2.20. The van der Waals surface area contributed by atoms with Gasteiger partial charge in [0.15, 0.2) is 6.29 Å². The number of fused-ring (bicyclic) bond motifs is 1. The number of rotatable bonds is 2. The molecule has 0 amide bonds. The van der Waals surface area contributed by atoms with Gasteiger partial charge in [-0.15, -0.1) is 0 Å². The molecule has 3 nitrogen and oxygen atoms in total. The van der Waals surface area contributed by atoms with Crippen LogP contribution in [0.2, 0.25) is 0 Å². The summed E-state index contributed by atoms with van der Waals surface area (Å²) in [5.74, 6) is 0.844. The molecule has 1 aromatic rings. The fourth-order valence-corrected chi connectivity index (χ4v) is 1.71. The van der Waals surface area contributed by atoms with Crippen LogP contribution in [0.5, 0.6) is 5.75 Å². The van der Waals surface area contributed by atoms with Gasteiger partial charge in [0.25, 0.3) is 0 Å². The van der Waals surface area contributed by atoms with Gasteiger partial charge in [0.05, 0.1) is 13.7 Å². The van der Waals surface area contributed by atoms with Gasteiger partial charge >= 0.3 is 0 Å². The van der Waals surface area contributed by atoms with Crippen LogP contribution in [0.1, 0.15) is 17.4 Å². The standard InChI is InChI=1S/C11H14O3/c1-12-9-4-3-8-5-6-14-11(13-2)10(8)7-9/h3-4,7,11H,5-6H2,1-2H3. The number of hydrogen-bond donors (Lipinski definition) is 0. The Morgan fingerprint density at radius 3 is 2.93 bits per heavy atom. The molecule has 76 valence electrons. The minimum Gasteiger partial charge on any atom is -0.497 e. The summed E-state index contributed by atoms with van der Waals surface area (Å²) in [7, 11) is 3.31. The van der Waals surface area contributed by atoms with Crippen LogP contribution in [0.25, 0.3) is 0 Å². The molecule has 1 aromatic carbocycles. The maximum Gasteiger partial charge on any atom is 0.183 e. The first-order valence-corrected chi connectivity index (χ1v) is 4.66. The molecule has 1 aliphatic heterocycles. The lowest BCUT2D eigenvalue weighted by Gasteiger charge is -2.25. The van der Waals surface area contributed by atoms with Gasteiger partial charge in [-0.05, 0) is 24.1 Å². The van der Waals surface area contributed by atoms with Crippen LogP contribution < -0.4 is 4.74 Å². The monoisotopic (exact) mass is 194 g/mol. The van der Waals surface area contributed by atoms with Crippen LogP contribution in [0, 0.1) is 0 Å². The van der Waals surface area contributed by atoms with Crippen molar-refractivity contribution in [3.8, 4) is 5.75 Å². The fraction of sp³-hybridized carbons (Fsp3) is 0.455. The molecule has 1 aliphatic rings. The van der Waals surface area contributed by atoms with E-state index in [1.54, 1.807) is 14.2 Å². The van der Waals surface area contributed by atoms with Crippen LogP contribution in [-0.2, 0) is 15.9 Å². The molecule has 0 fully saturated rings. The van der Waals surface area contributed by atoms with E-state index in [1.807, 2.05) is 12.1 Å². The van der Waals surface area contributed by atoms with Crippen molar-refractivity contribution in [1.29, 1.82) is 0 Å². The molecule has 14 heavy (non-hydrogen) atoms. The zero-order chi connectivity index (χ0) is 9.97. The molecular weight excluding hydrogens is 180 g/mol. The van der Waals surface area contributed by atoms with Crippen LogP contribution in [-0.4, -0.2) is 20.8 Å². The lowest BCUT2D eigenvalue weighted by atomic mass is 10.0. The van der Waals surface area contributed by atoms with E-state index in [2.05, 4.69) is 6.07 Å². The lowest BCUT2D eigenvalue weighted by molar-refractivity contribution is -0.134. The van der Waals surface area contributed by atoms with Gasteiger partial charge in [-0.1, -0.05) is 6.07 Å². The second-order valence-electron chi connectivity index (χ2n) is 3.25. The second kappa shape index (κ2) is 3.98. The van der Waals surface area contributed by atoms with Crippen molar-refractivity contribution >= 4 is 0 Å². The highest BCUT2D eigenvalue weighted by Crippen LogP contribution is 2.30. The summed E-state index contributed by atoms with van der Waals surface area (Å²) in [6.07, 6.45) is 0.702. The van der Waals surface area contributed by atoms with Gasteiger partial charge in [-0.25, -0.2) is 0 Å². The van der Waals surface area contributed by atoms with E-state index in [-0.39, 0.29) is 6.29 Å². The van der Waals surface area contributed by atoms with Gasteiger partial charge in [0.2, 0.25) is 0 Å². The van der Waals surface area contributed by atoms with Crippen molar-refractivity contribution in [3.05, 3.63) is 29.3 Å². The Labute approximate surface area is 83.6 Å². The largest absolute Gasteiger partial charge is 0.497 e. The molecule has 0 bridgehead atoms. The van der Waals surface area contributed by atoms with Gasteiger partial charge in [0.1, 0.15) is 5.75 Å². The van der Waals surface area contributed by atoms with E-state index in [9.17, 15) is 0 Å². The van der Waals surface area contributed by atoms with Crippen molar-refractivity contribution in [2.24, 2.45) is 0 Å². The van der Waals surface area contributed by atoms with Crippen molar-refractivity contribution in [2.75, 3.05) is 20.8 Å². The molecule has 0 saturated carbocycles. The Morgan fingerprint density at radius 2 is 2.21 bits per heavy atom. The van der Waals surface area contributed by atoms with Gasteiger partial charge in [-0.2, -0.15) is 0 Å². The number of benzene rings is 1. The summed E-state index contributed by atoms with van der Waals surface area (Å²) in [5, 5.41) is 0. The summed E-state index contributed by atoms with van der Waals surface area (Å²) in [6.45, 7) is 0.720. The highest BCUT2D eigenvalue weighted by molar-refractivity contribution is 5.37. The van der Waals surface area contributed by atoms with Crippen molar-refractivity contribution < 1.29 is 14.2 Å². The Morgan fingerprint density at radius 1 is 1.36 bits per heavy atom. The van der Waals surface area contributed by atoms with E-state index in [0.717, 1.165) is 24.3 Å². The molecule has 1 unspecified atom stereocenters. The van der Waals surface area contributed by atoms with Crippen LogP contribution >= 0.6 is 0 Å². The van der Waals surface area contributed by atoms with E-state index in [4.69, 9.17) is 14.2 Å². The van der Waals surface area contributed by atoms with E-state index >= 15 is 0 Å². The molecule has 0 aliphatic carbocycles. The third kappa shape index (κ3) is 1.61. The molecule has 0 aromatic heterocycles. The Bertz CT molecular complexity index is 322. The van der Waals surface area contributed by atoms with Crippen LogP contribution in [0.15, 0.2) is 18.2 Å². The second-order valence-corrected chi connectivity index (χ2v) is 3.25. The van der Waals surface area contributed by atoms with Gasteiger partial charge < -0.3 is 14.2 Å². The molecule has 1 atom stereocenters. The molecular formula is C11H14O3. The summed E-state index contributed by atoms with van der Waals surface area (Å²) >= 11 is 0. The molecule has 2 rings (SSSR count). The quantitative estimate of drug-likeness (QED) is 0.719. The van der Waals surface area contributed by atoms with Crippen LogP contribution in [0.4, 0.5) is 0 Å². The Hall–Kier alpha value is -1.06. The van der Waals surface area contributed by atoms with E-state index in [1.165, 1.54) is 5.56 Å². The van der Waals surface area contributed by atoms with Crippen molar-refractivity contribution in [1.82, 2.24) is 0 Å². The first kappa shape index (κ1) is 9.49. The Balaban J connectivity index is 2.38. The molecule has 0 N–H and O–H groups in total. The first-order valence-electron chi connectivity index (χ1n) is 4.66. The van der Waals surface area contributed by atoms with E-state index in [0.29, 0.717) is 0 Å². The summed E-state index contributed by atoms with van der Waals surface area (Å²) in [5.41, 5.74) is 2.36. The van der Waals surface area contributed by atoms with Gasteiger partial charge in [-0.3, -0.25) is 0 Å². The maximum atomic E-state index is 5.48. The average molecular weight is 194 g/mol. The SMILES string of the molecule is COc1ccc2c(c1)C(OC)OCC2. The number of ether oxygens (including phenoxy) is 3. The van der Waals surface area contributed by atoms with E-state index < -0.39 is 0 Å². The smallest absolute Gasteiger partial charge is 0.183 e. The van der Waals surface area contributed by atoms with Crippen LogP contribution in [0.3, 0.4) is 0 Å². The average Bonchev–Trinajstić information content (AvgIpc) is 2.27. The fourth-order valence-electron chi connectivity index (χ4n) is 1.71. The minimum absolute atomic E-state index is 0.242.